The summed E-state index contributed by atoms with van der Waals surface area (Å²) in [4.78, 5) is 10.1. The number of nitrogens with zero attached hydrogens (tertiary/aromatic N) is 2. The monoisotopic (exact) mass is 389 g/mol. The summed E-state index contributed by atoms with van der Waals surface area (Å²) in [7, 11) is -3.78. The standard InChI is InChI=1S/C18H19N3O5S/c1-2-18(13-19,14-26-17-10-8-16(9-11-17)21(22)23)20-27(24,25)12-15-6-4-3-5-7-15/h3-11,20H,2,12,14H2,1H3. The molecule has 0 spiro atoms. The van der Waals surface area contributed by atoms with Crippen LogP contribution in [0.15, 0.2) is 54.6 Å². The van der Waals surface area contributed by atoms with Crippen molar-refractivity contribution in [1.29, 1.82) is 5.26 Å². The SMILES string of the molecule is CCC(C#N)(COc1ccc([N+](=O)[O-])cc1)NS(=O)(=O)Cc1ccccc1. The van der Waals surface area contributed by atoms with Gasteiger partial charge in [0.2, 0.25) is 10.0 Å². The third kappa shape index (κ3) is 5.77. The molecule has 0 aliphatic carbocycles. The first-order chi connectivity index (χ1) is 12.8. The number of ether oxygens (including phenoxy) is 1. The second-order valence-electron chi connectivity index (χ2n) is 5.93. The molecular formula is C18H19N3O5S. The van der Waals surface area contributed by atoms with Gasteiger partial charge in [-0.05, 0) is 24.1 Å². The fourth-order valence-electron chi connectivity index (χ4n) is 2.34. The van der Waals surface area contributed by atoms with Gasteiger partial charge in [0.15, 0.2) is 5.54 Å². The van der Waals surface area contributed by atoms with Crippen molar-refractivity contribution < 1.29 is 18.1 Å². The fraction of sp³-hybridized carbons (Fsp3) is 0.278. The molecule has 0 radical (unpaired) electrons. The van der Waals surface area contributed by atoms with Crippen LogP contribution >= 0.6 is 0 Å². The maximum Gasteiger partial charge on any atom is 0.269 e. The van der Waals surface area contributed by atoms with Gasteiger partial charge in [-0.25, -0.2) is 8.42 Å². The molecule has 0 amide bonds. The Labute approximate surface area is 157 Å². The van der Waals surface area contributed by atoms with E-state index in [2.05, 4.69) is 4.72 Å². The van der Waals surface area contributed by atoms with E-state index < -0.39 is 20.5 Å². The molecule has 0 aliphatic rings. The first kappa shape index (κ1) is 20.4. The van der Waals surface area contributed by atoms with Gasteiger partial charge < -0.3 is 4.74 Å². The number of sulfonamides is 1. The van der Waals surface area contributed by atoms with Gasteiger partial charge in [0.1, 0.15) is 12.4 Å². The minimum absolute atomic E-state index is 0.0899. The quantitative estimate of drug-likeness (QED) is 0.520. The maximum absolute atomic E-state index is 12.5. The van der Waals surface area contributed by atoms with E-state index in [-0.39, 0.29) is 24.5 Å². The summed E-state index contributed by atoms with van der Waals surface area (Å²) < 4.78 is 32.9. The number of non-ortho nitro benzene ring substituents is 1. The molecule has 0 saturated heterocycles. The molecule has 0 saturated carbocycles. The highest BCUT2D eigenvalue weighted by Gasteiger charge is 2.34. The van der Waals surface area contributed by atoms with E-state index in [9.17, 15) is 23.8 Å². The lowest BCUT2D eigenvalue weighted by molar-refractivity contribution is -0.384. The molecule has 0 aliphatic heterocycles. The van der Waals surface area contributed by atoms with E-state index in [1.54, 1.807) is 37.3 Å². The topological polar surface area (TPSA) is 122 Å². The smallest absolute Gasteiger partial charge is 0.269 e. The first-order valence-corrected chi connectivity index (χ1v) is 9.78. The molecule has 8 nitrogen and oxygen atoms in total. The molecule has 1 unspecified atom stereocenters. The van der Waals surface area contributed by atoms with Crippen LogP contribution < -0.4 is 9.46 Å². The van der Waals surface area contributed by atoms with Gasteiger partial charge in [-0.2, -0.15) is 9.98 Å². The normalized spacial score (nSPS) is 13.3. The lowest BCUT2D eigenvalue weighted by Gasteiger charge is -2.26. The van der Waals surface area contributed by atoms with Crippen LogP contribution in [-0.4, -0.2) is 25.5 Å². The molecular weight excluding hydrogens is 370 g/mol. The van der Waals surface area contributed by atoms with Gasteiger partial charge in [-0.1, -0.05) is 37.3 Å². The number of benzene rings is 2. The van der Waals surface area contributed by atoms with E-state index in [0.717, 1.165) is 0 Å². The zero-order valence-corrected chi connectivity index (χ0v) is 15.5. The van der Waals surface area contributed by atoms with Gasteiger partial charge in [-0.15, -0.1) is 0 Å². The second-order valence-corrected chi connectivity index (χ2v) is 7.66. The van der Waals surface area contributed by atoms with E-state index in [1.807, 2.05) is 6.07 Å². The Balaban J connectivity index is 2.09. The van der Waals surface area contributed by atoms with E-state index in [4.69, 9.17) is 4.74 Å². The summed E-state index contributed by atoms with van der Waals surface area (Å²) in [6, 6.07) is 16.0. The molecule has 0 aromatic heterocycles. The molecule has 2 aromatic rings. The molecule has 1 atom stereocenters. The molecule has 2 rings (SSSR count). The maximum atomic E-state index is 12.5. The number of rotatable bonds is 9. The van der Waals surface area contributed by atoms with Crippen molar-refractivity contribution in [2.45, 2.75) is 24.6 Å². The molecule has 9 heteroatoms. The Morgan fingerprint density at radius 2 is 1.81 bits per heavy atom. The highest BCUT2D eigenvalue weighted by Crippen LogP contribution is 2.20. The molecule has 0 fully saturated rings. The first-order valence-electron chi connectivity index (χ1n) is 8.13. The Morgan fingerprint density at radius 1 is 1.19 bits per heavy atom. The Kier molecular flexibility index (Phi) is 6.50. The van der Waals surface area contributed by atoms with Crippen molar-refractivity contribution >= 4 is 15.7 Å². The summed E-state index contributed by atoms with van der Waals surface area (Å²) in [5, 5.41) is 20.2. The minimum Gasteiger partial charge on any atom is -0.491 e. The molecule has 2 aromatic carbocycles. The number of hydrogen-bond acceptors (Lipinski definition) is 6. The van der Waals surface area contributed by atoms with Crippen LogP contribution in [0.5, 0.6) is 5.75 Å². The highest BCUT2D eigenvalue weighted by atomic mass is 32.2. The van der Waals surface area contributed by atoms with Crippen molar-refractivity contribution in [3.8, 4) is 11.8 Å². The average molecular weight is 389 g/mol. The predicted octanol–water partition coefficient (Wildman–Crippen LogP) is 2.77. The Morgan fingerprint density at radius 3 is 2.33 bits per heavy atom. The lowest BCUT2D eigenvalue weighted by Crippen LogP contribution is -2.51. The number of hydrogen-bond donors (Lipinski definition) is 1. The van der Waals surface area contributed by atoms with Crippen molar-refractivity contribution in [2.24, 2.45) is 0 Å². The largest absolute Gasteiger partial charge is 0.491 e. The van der Waals surface area contributed by atoms with Crippen LogP contribution in [0.1, 0.15) is 18.9 Å². The Bertz CT molecular complexity index is 924. The van der Waals surface area contributed by atoms with E-state index in [0.29, 0.717) is 11.3 Å². The predicted molar refractivity (Wildman–Crippen MR) is 99.4 cm³/mol. The molecule has 142 valence electrons. The van der Waals surface area contributed by atoms with E-state index >= 15 is 0 Å². The van der Waals surface area contributed by atoms with Crippen molar-refractivity contribution in [3.05, 3.63) is 70.3 Å². The summed E-state index contributed by atoms with van der Waals surface area (Å²) in [6.07, 6.45) is 0.185. The lowest BCUT2D eigenvalue weighted by atomic mass is 10.0. The van der Waals surface area contributed by atoms with Gasteiger partial charge in [0, 0.05) is 12.1 Å². The van der Waals surface area contributed by atoms with Crippen LogP contribution in [-0.2, 0) is 15.8 Å². The summed E-state index contributed by atoms with van der Waals surface area (Å²) >= 11 is 0. The van der Waals surface area contributed by atoms with Crippen LogP contribution in [0.2, 0.25) is 0 Å². The zero-order valence-electron chi connectivity index (χ0n) is 14.7. The van der Waals surface area contributed by atoms with Crippen molar-refractivity contribution in [1.82, 2.24) is 4.72 Å². The van der Waals surface area contributed by atoms with Crippen LogP contribution in [0.3, 0.4) is 0 Å². The summed E-state index contributed by atoms with van der Waals surface area (Å²) in [5.41, 5.74) is -0.938. The van der Waals surface area contributed by atoms with Gasteiger partial charge in [0.05, 0.1) is 16.7 Å². The number of nitriles is 1. The number of nitro groups is 1. The third-order valence-corrected chi connectivity index (χ3v) is 5.32. The zero-order chi connectivity index (χ0) is 19.9. The van der Waals surface area contributed by atoms with Crippen LogP contribution in [0.25, 0.3) is 0 Å². The van der Waals surface area contributed by atoms with Gasteiger partial charge >= 0.3 is 0 Å². The number of nitro benzene ring substituents is 1. The summed E-state index contributed by atoms with van der Waals surface area (Å²) in [6.45, 7) is 1.44. The van der Waals surface area contributed by atoms with Gasteiger partial charge in [-0.3, -0.25) is 10.1 Å². The molecule has 1 N–H and O–H groups in total. The number of nitrogens with one attached hydrogen (secondary N) is 1. The summed E-state index contributed by atoms with van der Waals surface area (Å²) in [5.74, 6) is 0.0466. The van der Waals surface area contributed by atoms with Crippen molar-refractivity contribution in [2.75, 3.05) is 6.61 Å². The molecule has 27 heavy (non-hydrogen) atoms. The van der Waals surface area contributed by atoms with Gasteiger partial charge in [0.25, 0.3) is 5.69 Å². The minimum atomic E-state index is -3.78. The van der Waals surface area contributed by atoms with E-state index in [1.165, 1.54) is 24.3 Å². The average Bonchev–Trinajstić information content (AvgIpc) is 2.66. The fourth-order valence-corrected chi connectivity index (χ4v) is 3.88. The van der Waals surface area contributed by atoms with Crippen molar-refractivity contribution in [3.63, 3.8) is 0 Å². The Hall–Kier alpha value is -2.96. The molecule has 0 bridgehead atoms. The van der Waals surface area contributed by atoms with Crippen LogP contribution in [0, 0.1) is 21.4 Å². The highest BCUT2D eigenvalue weighted by molar-refractivity contribution is 7.88. The molecule has 0 heterocycles. The second kappa shape index (κ2) is 8.62. The van der Waals surface area contributed by atoms with Crippen LogP contribution in [0.4, 0.5) is 5.69 Å². The third-order valence-electron chi connectivity index (χ3n) is 3.90.